The molecule has 2 heterocycles. The Hall–Kier alpha value is -3.89. The zero-order chi connectivity index (χ0) is 24.9. The summed E-state index contributed by atoms with van der Waals surface area (Å²) in [6.45, 7) is 0.148. The average Bonchev–Trinajstić information content (AvgIpc) is 3.31. The number of methoxy groups -OCH3 is 1. The number of aliphatic hydroxyl groups excluding tert-OH is 1. The van der Waals surface area contributed by atoms with E-state index in [0.29, 0.717) is 22.4 Å². The second-order valence-electron chi connectivity index (χ2n) is 8.44. The topological polar surface area (TPSA) is 90.9 Å². The summed E-state index contributed by atoms with van der Waals surface area (Å²) in [5.74, 6) is -4.40. The molecule has 35 heavy (non-hydrogen) atoms. The van der Waals surface area contributed by atoms with E-state index in [2.05, 4.69) is 10.6 Å². The quantitative estimate of drug-likeness (QED) is 0.486. The second-order valence-corrected chi connectivity index (χ2v) is 8.44. The lowest BCUT2D eigenvalue weighted by Gasteiger charge is -2.32. The SMILES string of the molecule is COc1ccc2c(c1)CN(CC1(c3ccc(-c4cc(F)c(F)c(F)c4)cc3)NC(O)NC1=O)C2=O. The molecule has 0 bridgehead atoms. The summed E-state index contributed by atoms with van der Waals surface area (Å²) in [7, 11) is 1.53. The van der Waals surface area contributed by atoms with Crippen molar-refractivity contribution in [1.29, 1.82) is 0 Å². The molecule has 0 radical (unpaired) electrons. The summed E-state index contributed by atoms with van der Waals surface area (Å²) >= 11 is 0. The summed E-state index contributed by atoms with van der Waals surface area (Å²) in [4.78, 5) is 27.6. The molecule has 7 nitrogen and oxygen atoms in total. The molecule has 5 rings (SSSR count). The first-order valence-electron chi connectivity index (χ1n) is 10.7. The third kappa shape index (κ3) is 3.80. The van der Waals surface area contributed by atoms with Gasteiger partial charge in [0.1, 0.15) is 11.3 Å². The number of nitrogens with one attached hydrogen (secondary N) is 2. The Bertz CT molecular complexity index is 1330. The Balaban J connectivity index is 1.48. The molecule has 1 saturated heterocycles. The van der Waals surface area contributed by atoms with Crippen molar-refractivity contribution < 1.29 is 32.6 Å². The molecule has 2 amide bonds. The maximum atomic E-state index is 13.7. The normalized spacial score (nSPS) is 21.3. The highest BCUT2D eigenvalue weighted by Gasteiger charge is 2.50. The van der Waals surface area contributed by atoms with Gasteiger partial charge in [-0.05, 0) is 52.6 Å². The van der Waals surface area contributed by atoms with Crippen LogP contribution in [0, 0.1) is 17.5 Å². The van der Waals surface area contributed by atoms with Crippen molar-refractivity contribution >= 4 is 11.8 Å². The van der Waals surface area contributed by atoms with Gasteiger partial charge in [-0.2, -0.15) is 0 Å². The number of amides is 2. The summed E-state index contributed by atoms with van der Waals surface area (Å²) in [5.41, 5.74) is 0.677. The van der Waals surface area contributed by atoms with Crippen molar-refractivity contribution in [3.8, 4) is 16.9 Å². The highest BCUT2D eigenvalue weighted by atomic mass is 19.2. The molecule has 1 fully saturated rings. The van der Waals surface area contributed by atoms with Gasteiger partial charge >= 0.3 is 0 Å². The molecule has 2 aliphatic heterocycles. The first-order valence-corrected chi connectivity index (χ1v) is 10.7. The highest BCUT2D eigenvalue weighted by molar-refractivity contribution is 5.99. The average molecular weight is 483 g/mol. The van der Waals surface area contributed by atoms with Crippen molar-refractivity contribution in [3.05, 3.63) is 88.7 Å². The van der Waals surface area contributed by atoms with Crippen LogP contribution >= 0.6 is 0 Å². The number of carbonyl (C=O) groups excluding carboxylic acids is 2. The third-order valence-corrected chi connectivity index (χ3v) is 6.35. The zero-order valence-electron chi connectivity index (χ0n) is 18.4. The van der Waals surface area contributed by atoms with Gasteiger partial charge in [-0.15, -0.1) is 0 Å². The van der Waals surface area contributed by atoms with E-state index in [1.54, 1.807) is 30.3 Å². The highest BCUT2D eigenvalue weighted by Crippen LogP contribution is 2.34. The van der Waals surface area contributed by atoms with E-state index in [4.69, 9.17) is 4.74 Å². The van der Waals surface area contributed by atoms with Crippen molar-refractivity contribution in [2.45, 2.75) is 18.4 Å². The van der Waals surface area contributed by atoms with Gasteiger partial charge < -0.3 is 20.1 Å². The molecular formula is C25H20F3N3O4. The third-order valence-electron chi connectivity index (χ3n) is 6.35. The lowest BCUT2D eigenvalue weighted by atomic mass is 9.88. The van der Waals surface area contributed by atoms with Gasteiger partial charge in [0.2, 0.25) is 5.91 Å². The van der Waals surface area contributed by atoms with E-state index in [1.807, 2.05) is 0 Å². The van der Waals surface area contributed by atoms with E-state index in [9.17, 15) is 27.9 Å². The number of ether oxygens (including phenoxy) is 1. The molecule has 180 valence electrons. The van der Waals surface area contributed by atoms with E-state index in [-0.39, 0.29) is 24.6 Å². The molecule has 2 aliphatic rings. The predicted octanol–water partition coefficient (Wildman–Crippen LogP) is 2.63. The lowest BCUT2D eigenvalue weighted by molar-refractivity contribution is -0.125. The van der Waals surface area contributed by atoms with Crippen molar-refractivity contribution in [2.24, 2.45) is 0 Å². The van der Waals surface area contributed by atoms with Crippen LogP contribution in [-0.4, -0.2) is 41.8 Å². The number of carbonyl (C=O) groups is 2. The van der Waals surface area contributed by atoms with Crippen LogP contribution < -0.4 is 15.4 Å². The molecule has 3 aromatic carbocycles. The summed E-state index contributed by atoms with van der Waals surface area (Å²) in [6.07, 6.45) is -1.34. The Kier molecular flexibility index (Phi) is 5.49. The fourth-order valence-electron chi connectivity index (χ4n) is 4.57. The molecule has 0 aliphatic carbocycles. The molecule has 2 atom stereocenters. The summed E-state index contributed by atoms with van der Waals surface area (Å²) < 4.78 is 45.9. The molecular weight excluding hydrogens is 463 g/mol. The predicted molar refractivity (Wildman–Crippen MR) is 118 cm³/mol. The van der Waals surface area contributed by atoms with E-state index in [1.165, 1.54) is 24.1 Å². The zero-order valence-corrected chi connectivity index (χ0v) is 18.4. The number of halogens is 3. The van der Waals surface area contributed by atoms with E-state index < -0.39 is 35.2 Å². The van der Waals surface area contributed by atoms with Gasteiger partial charge in [0.25, 0.3) is 5.91 Å². The standard InChI is InChI=1S/C25H20F3N3O4/c1-35-17-6-7-18-15(8-17)11-31(22(18)32)12-25(23(33)29-24(34)30-25)16-4-2-13(3-5-16)14-9-19(26)21(28)20(27)10-14/h2-10,24,30,34H,11-12H2,1H3,(H,29,33). The van der Waals surface area contributed by atoms with Crippen molar-refractivity contribution in [1.82, 2.24) is 15.5 Å². The molecule has 3 N–H and O–H groups in total. The Morgan fingerprint density at radius 2 is 1.71 bits per heavy atom. The van der Waals surface area contributed by atoms with Gasteiger partial charge in [0.15, 0.2) is 23.8 Å². The smallest absolute Gasteiger partial charge is 0.254 e. The molecule has 3 aromatic rings. The van der Waals surface area contributed by atoms with Gasteiger partial charge in [-0.25, -0.2) is 13.2 Å². The first kappa shape index (κ1) is 22.9. The van der Waals surface area contributed by atoms with Gasteiger partial charge in [-0.1, -0.05) is 24.3 Å². The first-order chi connectivity index (χ1) is 16.7. The van der Waals surface area contributed by atoms with Crippen molar-refractivity contribution in [3.63, 3.8) is 0 Å². The van der Waals surface area contributed by atoms with Crippen LogP contribution in [0.5, 0.6) is 5.75 Å². The number of hydrogen-bond donors (Lipinski definition) is 3. The maximum absolute atomic E-state index is 13.7. The summed E-state index contributed by atoms with van der Waals surface area (Å²) in [6, 6.07) is 13.0. The Morgan fingerprint density at radius 1 is 1.03 bits per heavy atom. The molecule has 2 unspecified atom stereocenters. The molecule has 0 saturated carbocycles. The Morgan fingerprint density at radius 3 is 2.31 bits per heavy atom. The number of aliphatic hydroxyl groups is 1. The number of benzene rings is 3. The van der Waals surface area contributed by atoms with Crippen LogP contribution in [0.15, 0.2) is 54.6 Å². The number of nitrogens with zero attached hydrogens (tertiary/aromatic N) is 1. The lowest BCUT2D eigenvalue weighted by Crippen LogP contribution is -2.53. The van der Waals surface area contributed by atoms with Gasteiger partial charge in [0, 0.05) is 12.1 Å². The Labute approximate surface area is 198 Å². The maximum Gasteiger partial charge on any atom is 0.254 e. The fourth-order valence-corrected chi connectivity index (χ4v) is 4.57. The van der Waals surface area contributed by atoms with Crippen LogP contribution in [0.1, 0.15) is 21.5 Å². The minimum absolute atomic E-state index is 0.0924. The van der Waals surface area contributed by atoms with Crippen LogP contribution in [-0.2, 0) is 16.9 Å². The minimum atomic E-state index is -1.56. The monoisotopic (exact) mass is 483 g/mol. The number of fused-ring (bicyclic) bond motifs is 1. The largest absolute Gasteiger partial charge is 0.497 e. The number of hydrogen-bond acceptors (Lipinski definition) is 5. The van der Waals surface area contributed by atoms with Gasteiger partial charge in [0.05, 0.1) is 13.7 Å². The molecule has 0 spiro atoms. The van der Waals surface area contributed by atoms with Gasteiger partial charge in [-0.3, -0.25) is 14.9 Å². The minimum Gasteiger partial charge on any atom is -0.497 e. The molecule has 10 heteroatoms. The summed E-state index contributed by atoms with van der Waals surface area (Å²) in [5, 5.41) is 15.3. The fraction of sp³-hybridized carbons (Fsp3) is 0.200. The number of rotatable bonds is 5. The molecule has 0 aromatic heterocycles. The van der Waals surface area contributed by atoms with Crippen LogP contribution in [0.2, 0.25) is 0 Å². The van der Waals surface area contributed by atoms with Crippen molar-refractivity contribution in [2.75, 3.05) is 13.7 Å². The van der Waals surface area contributed by atoms with Crippen LogP contribution in [0.25, 0.3) is 11.1 Å². The van der Waals surface area contributed by atoms with Crippen LogP contribution in [0.4, 0.5) is 13.2 Å². The van der Waals surface area contributed by atoms with E-state index >= 15 is 0 Å². The second kappa shape index (κ2) is 8.40. The van der Waals surface area contributed by atoms with E-state index in [0.717, 1.165) is 17.7 Å². The van der Waals surface area contributed by atoms with Crippen LogP contribution in [0.3, 0.4) is 0 Å².